The van der Waals surface area contributed by atoms with Crippen molar-refractivity contribution in [2.45, 2.75) is 20.0 Å². The first-order valence-corrected chi connectivity index (χ1v) is 7.65. The molecule has 0 aromatic carbocycles. The summed E-state index contributed by atoms with van der Waals surface area (Å²) < 4.78 is 2.00. The lowest BCUT2D eigenvalue weighted by Crippen LogP contribution is -2.33. The van der Waals surface area contributed by atoms with E-state index in [2.05, 4.69) is 47.3 Å². The molecule has 0 bridgehead atoms. The van der Waals surface area contributed by atoms with Crippen molar-refractivity contribution in [2.24, 2.45) is 0 Å². The molecule has 2 aromatic rings. The Bertz CT molecular complexity index is 730. The monoisotopic (exact) mass is 414 g/mol. The van der Waals surface area contributed by atoms with Gasteiger partial charge in [-0.1, -0.05) is 0 Å². The molecule has 0 aliphatic rings. The number of hydrogen-bond donors (Lipinski definition) is 1. The standard InChI is InChI=1S/C13H12Br2N4O2/c1-8-4-16-3-2-9(8)5-17-11(20)7-19-13(21)12(15)10(14)6-18-19/h2-4,6H,5,7H2,1H3,(H,17,20). The number of nitrogens with one attached hydrogen (secondary N) is 1. The summed E-state index contributed by atoms with van der Waals surface area (Å²) >= 11 is 6.33. The molecule has 0 aliphatic heterocycles. The Morgan fingerprint density at radius 2 is 2.14 bits per heavy atom. The van der Waals surface area contributed by atoms with E-state index in [0.29, 0.717) is 15.5 Å². The van der Waals surface area contributed by atoms with Crippen molar-refractivity contribution in [3.63, 3.8) is 0 Å². The number of pyridine rings is 1. The van der Waals surface area contributed by atoms with Gasteiger partial charge in [-0.25, -0.2) is 4.68 Å². The molecule has 1 amide bonds. The highest BCUT2D eigenvalue weighted by Crippen LogP contribution is 2.16. The SMILES string of the molecule is Cc1cnccc1CNC(=O)Cn1ncc(Br)c(Br)c1=O. The van der Waals surface area contributed by atoms with Crippen molar-refractivity contribution >= 4 is 37.8 Å². The Morgan fingerprint density at radius 1 is 1.38 bits per heavy atom. The zero-order valence-electron chi connectivity index (χ0n) is 11.1. The molecule has 21 heavy (non-hydrogen) atoms. The van der Waals surface area contributed by atoms with Gasteiger partial charge >= 0.3 is 0 Å². The molecule has 6 nitrogen and oxygen atoms in total. The molecule has 0 saturated heterocycles. The van der Waals surface area contributed by atoms with Gasteiger partial charge in [0.25, 0.3) is 5.56 Å². The van der Waals surface area contributed by atoms with Gasteiger partial charge in [-0.05, 0) is 56.0 Å². The third kappa shape index (κ3) is 3.98. The zero-order chi connectivity index (χ0) is 15.4. The van der Waals surface area contributed by atoms with Crippen molar-refractivity contribution in [3.05, 3.63) is 55.1 Å². The number of carbonyl (C=O) groups is 1. The van der Waals surface area contributed by atoms with Crippen molar-refractivity contribution in [3.8, 4) is 0 Å². The number of aromatic nitrogens is 3. The highest BCUT2D eigenvalue weighted by Gasteiger charge is 2.10. The molecule has 110 valence electrons. The van der Waals surface area contributed by atoms with Crippen molar-refractivity contribution in [2.75, 3.05) is 0 Å². The van der Waals surface area contributed by atoms with E-state index >= 15 is 0 Å². The van der Waals surface area contributed by atoms with E-state index in [-0.39, 0.29) is 18.0 Å². The summed E-state index contributed by atoms with van der Waals surface area (Å²) in [6, 6.07) is 1.84. The smallest absolute Gasteiger partial charge is 0.282 e. The zero-order valence-corrected chi connectivity index (χ0v) is 14.3. The van der Waals surface area contributed by atoms with Crippen LogP contribution in [0, 0.1) is 6.92 Å². The average molecular weight is 416 g/mol. The van der Waals surface area contributed by atoms with E-state index < -0.39 is 0 Å². The van der Waals surface area contributed by atoms with Gasteiger partial charge in [-0.15, -0.1) is 0 Å². The molecule has 0 radical (unpaired) electrons. The van der Waals surface area contributed by atoms with Crippen LogP contribution in [0.2, 0.25) is 0 Å². The van der Waals surface area contributed by atoms with Crippen LogP contribution in [-0.2, 0) is 17.9 Å². The minimum atomic E-state index is -0.361. The predicted octanol–water partition coefficient (Wildman–Crippen LogP) is 1.79. The van der Waals surface area contributed by atoms with Gasteiger partial charge in [-0.2, -0.15) is 5.10 Å². The summed E-state index contributed by atoms with van der Waals surface area (Å²) in [5.74, 6) is -0.282. The van der Waals surface area contributed by atoms with Crippen LogP contribution in [-0.4, -0.2) is 20.7 Å². The first-order chi connectivity index (χ1) is 9.99. The topological polar surface area (TPSA) is 76.9 Å². The molecule has 2 rings (SSSR count). The van der Waals surface area contributed by atoms with Crippen molar-refractivity contribution in [1.82, 2.24) is 20.1 Å². The Labute approximate surface area is 137 Å². The van der Waals surface area contributed by atoms with E-state index in [0.717, 1.165) is 15.8 Å². The third-order valence-electron chi connectivity index (χ3n) is 2.85. The molecule has 0 saturated carbocycles. The molecular formula is C13H12Br2N4O2. The Balaban J connectivity index is 2.02. The first-order valence-electron chi connectivity index (χ1n) is 6.06. The van der Waals surface area contributed by atoms with Crippen LogP contribution < -0.4 is 10.9 Å². The van der Waals surface area contributed by atoms with Crippen LogP contribution in [0.3, 0.4) is 0 Å². The van der Waals surface area contributed by atoms with Gasteiger partial charge in [-0.3, -0.25) is 14.6 Å². The maximum absolute atomic E-state index is 11.9. The van der Waals surface area contributed by atoms with Gasteiger partial charge in [0.2, 0.25) is 5.91 Å². The van der Waals surface area contributed by atoms with E-state index in [1.165, 1.54) is 6.20 Å². The number of amides is 1. The maximum Gasteiger partial charge on any atom is 0.282 e. The lowest BCUT2D eigenvalue weighted by atomic mass is 10.1. The fourth-order valence-electron chi connectivity index (χ4n) is 1.64. The number of carbonyl (C=O) groups excluding carboxylic acids is 1. The second kappa shape index (κ2) is 6.95. The summed E-state index contributed by atoms with van der Waals surface area (Å²) in [5.41, 5.74) is 1.62. The normalized spacial score (nSPS) is 10.4. The minimum Gasteiger partial charge on any atom is -0.350 e. The van der Waals surface area contributed by atoms with Crippen molar-refractivity contribution in [1.29, 1.82) is 0 Å². The number of nitrogens with zero attached hydrogens (tertiary/aromatic N) is 3. The number of halogens is 2. The van der Waals surface area contributed by atoms with Gasteiger partial charge < -0.3 is 5.32 Å². The predicted molar refractivity (Wildman–Crippen MR) is 84.7 cm³/mol. The largest absolute Gasteiger partial charge is 0.350 e. The number of aryl methyl sites for hydroxylation is 1. The average Bonchev–Trinajstić information content (AvgIpc) is 2.47. The van der Waals surface area contributed by atoms with Crippen molar-refractivity contribution < 1.29 is 4.79 Å². The van der Waals surface area contributed by atoms with Crippen LogP contribution >= 0.6 is 31.9 Å². The Hall–Kier alpha value is -1.54. The molecule has 0 atom stereocenters. The molecule has 8 heteroatoms. The highest BCUT2D eigenvalue weighted by molar-refractivity contribution is 9.13. The number of rotatable bonds is 4. The third-order valence-corrected chi connectivity index (χ3v) is 4.75. The van der Waals surface area contributed by atoms with Gasteiger partial charge in [0.1, 0.15) is 11.0 Å². The lowest BCUT2D eigenvalue weighted by Gasteiger charge is -2.08. The van der Waals surface area contributed by atoms with Gasteiger partial charge in [0.15, 0.2) is 0 Å². The summed E-state index contributed by atoms with van der Waals surface area (Å²) in [5, 5.41) is 6.66. The molecule has 1 N–H and O–H groups in total. The maximum atomic E-state index is 11.9. The Morgan fingerprint density at radius 3 is 2.86 bits per heavy atom. The van der Waals surface area contributed by atoms with E-state index in [4.69, 9.17) is 0 Å². The Kier molecular flexibility index (Phi) is 5.24. The fourth-order valence-corrected chi connectivity index (χ4v) is 2.21. The molecule has 2 heterocycles. The molecular weight excluding hydrogens is 404 g/mol. The molecule has 0 fully saturated rings. The summed E-state index contributed by atoms with van der Waals surface area (Å²) in [4.78, 5) is 27.8. The van der Waals surface area contributed by atoms with Crippen LogP contribution in [0.25, 0.3) is 0 Å². The minimum absolute atomic E-state index is 0.130. The number of hydrogen-bond acceptors (Lipinski definition) is 4. The first kappa shape index (κ1) is 15.8. The fraction of sp³-hybridized carbons (Fsp3) is 0.231. The molecule has 0 aliphatic carbocycles. The van der Waals surface area contributed by atoms with Gasteiger partial charge in [0.05, 0.1) is 10.7 Å². The summed E-state index contributed by atoms with van der Waals surface area (Å²) in [6.07, 6.45) is 4.87. The van der Waals surface area contributed by atoms with Crippen LogP contribution in [0.1, 0.15) is 11.1 Å². The second-order valence-corrected chi connectivity index (χ2v) is 6.00. The summed E-state index contributed by atoms with van der Waals surface area (Å²) in [7, 11) is 0. The van der Waals surface area contributed by atoms with E-state index in [1.807, 2.05) is 13.0 Å². The van der Waals surface area contributed by atoms with Crippen LogP contribution in [0.15, 0.2) is 38.4 Å². The quantitative estimate of drug-likeness (QED) is 0.825. The van der Waals surface area contributed by atoms with E-state index in [1.54, 1.807) is 12.4 Å². The van der Waals surface area contributed by atoms with Gasteiger partial charge in [0, 0.05) is 18.9 Å². The molecule has 0 unspecified atom stereocenters. The second-order valence-electron chi connectivity index (χ2n) is 4.35. The highest BCUT2D eigenvalue weighted by atomic mass is 79.9. The van der Waals surface area contributed by atoms with E-state index in [9.17, 15) is 9.59 Å². The molecule has 2 aromatic heterocycles. The molecule has 0 spiro atoms. The van der Waals surface area contributed by atoms with Crippen LogP contribution in [0.4, 0.5) is 0 Å². The summed E-state index contributed by atoms with van der Waals surface area (Å²) in [6.45, 7) is 2.18. The lowest BCUT2D eigenvalue weighted by molar-refractivity contribution is -0.122. The van der Waals surface area contributed by atoms with Crippen LogP contribution in [0.5, 0.6) is 0 Å².